The smallest absolute Gasteiger partial charge is 0.251 e. The summed E-state index contributed by atoms with van der Waals surface area (Å²) in [6.45, 7) is 6.12. The van der Waals surface area contributed by atoms with Gasteiger partial charge in [0.25, 0.3) is 5.91 Å². The Balaban J connectivity index is 0.783. The molecule has 2 atom stereocenters. The van der Waals surface area contributed by atoms with Gasteiger partial charge in [-0.25, -0.2) is 13.8 Å². The number of amides is 4. The molecule has 64 heavy (non-hydrogen) atoms. The first-order valence-electron chi connectivity index (χ1n) is 22.9. The maximum absolute atomic E-state index is 15.2. The molecule has 4 amide bonds. The second kappa shape index (κ2) is 17.5. The number of likely N-dealkylation sites (N-methyl/N-ethyl adjacent to an activating group) is 1. The number of aliphatic hydroxyl groups is 1. The quantitative estimate of drug-likeness (QED) is 0.162. The van der Waals surface area contributed by atoms with Crippen LogP contribution in [0.5, 0.6) is 5.75 Å². The molecule has 4 aliphatic heterocycles. The van der Waals surface area contributed by atoms with Crippen LogP contribution < -0.4 is 35.4 Å². The van der Waals surface area contributed by atoms with E-state index in [0.717, 1.165) is 76.8 Å². The van der Waals surface area contributed by atoms with E-state index in [-0.39, 0.29) is 54.3 Å². The van der Waals surface area contributed by atoms with Gasteiger partial charge in [0.15, 0.2) is 5.82 Å². The van der Waals surface area contributed by atoms with Gasteiger partial charge in [-0.15, -0.1) is 0 Å². The lowest BCUT2D eigenvalue weighted by Gasteiger charge is -2.57. The van der Waals surface area contributed by atoms with Crippen LogP contribution in [0.2, 0.25) is 0 Å². The lowest BCUT2D eigenvalue weighted by Crippen LogP contribution is -2.64. The molecular formula is C47H59F2N9O6. The second-order valence-electron chi connectivity index (χ2n) is 19.1. The third-order valence-electron chi connectivity index (χ3n) is 15.0. The minimum atomic E-state index is -1.02. The van der Waals surface area contributed by atoms with E-state index in [4.69, 9.17) is 9.72 Å². The molecule has 2 aromatic carbocycles. The molecule has 0 radical (unpaired) electrons. The van der Waals surface area contributed by atoms with Crippen molar-refractivity contribution in [1.29, 1.82) is 0 Å². The Morgan fingerprint density at radius 3 is 2.39 bits per heavy atom. The fourth-order valence-electron chi connectivity index (χ4n) is 11.4. The number of hydrogen-bond acceptors (Lipinski definition) is 12. The van der Waals surface area contributed by atoms with Crippen molar-refractivity contribution in [2.75, 3.05) is 73.5 Å². The van der Waals surface area contributed by atoms with Crippen molar-refractivity contribution in [1.82, 2.24) is 25.5 Å². The predicted molar refractivity (Wildman–Crippen MR) is 237 cm³/mol. The molecule has 4 N–H and O–H groups in total. The Morgan fingerprint density at radius 2 is 1.73 bits per heavy atom. The Kier molecular flexibility index (Phi) is 12.0. The SMILES string of the molecule is CC[C@@H]1C(=O)N(C)c2cnc(Nc3ccc(C(=O)NC4(CCO)CCC5(CC4)CN(CC4CN(c6cc(F)c(C7CCC(=O)NC7=O)c(F)c6)C4)C5)cc3OC)nc2N1C1CCCC1. The maximum Gasteiger partial charge on any atom is 0.251 e. The van der Waals surface area contributed by atoms with E-state index >= 15 is 8.78 Å². The molecular weight excluding hydrogens is 825 g/mol. The summed E-state index contributed by atoms with van der Waals surface area (Å²) in [6.07, 6.45) is 10.6. The molecule has 1 unspecified atom stereocenters. The Hall–Kier alpha value is -5.42. The van der Waals surface area contributed by atoms with Crippen LogP contribution in [-0.4, -0.2) is 115 Å². The normalized spacial score (nSPS) is 23.4. The van der Waals surface area contributed by atoms with Crippen LogP contribution in [0.3, 0.4) is 0 Å². The van der Waals surface area contributed by atoms with Crippen molar-refractivity contribution in [2.24, 2.45) is 11.3 Å². The van der Waals surface area contributed by atoms with Gasteiger partial charge in [-0.05, 0) is 93.5 Å². The van der Waals surface area contributed by atoms with E-state index in [2.05, 4.69) is 30.7 Å². The van der Waals surface area contributed by atoms with Gasteiger partial charge in [0, 0.05) is 87.1 Å². The number of anilines is 5. The number of carbonyl (C=O) groups excluding carboxylic acids is 4. The zero-order chi connectivity index (χ0) is 44.9. The van der Waals surface area contributed by atoms with Gasteiger partial charge < -0.3 is 40.1 Å². The van der Waals surface area contributed by atoms with Crippen LogP contribution in [0.15, 0.2) is 36.5 Å². The predicted octanol–water partition coefficient (Wildman–Crippen LogP) is 5.39. The number of likely N-dealkylation sites (tertiary alicyclic amines) is 1. The van der Waals surface area contributed by atoms with Gasteiger partial charge in [-0.2, -0.15) is 4.98 Å². The van der Waals surface area contributed by atoms with E-state index < -0.39 is 34.9 Å². The number of nitrogens with one attached hydrogen (secondary N) is 3. The molecule has 15 nitrogen and oxygen atoms in total. The lowest BCUT2D eigenvalue weighted by molar-refractivity contribution is -0.134. The van der Waals surface area contributed by atoms with E-state index in [1.165, 1.54) is 12.1 Å². The maximum atomic E-state index is 15.2. The highest BCUT2D eigenvalue weighted by Crippen LogP contribution is 2.49. The summed E-state index contributed by atoms with van der Waals surface area (Å²) in [6, 6.07) is 7.77. The molecule has 17 heteroatoms. The van der Waals surface area contributed by atoms with Crippen LogP contribution in [0, 0.1) is 23.0 Å². The minimum absolute atomic E-state index is 0.0425. The zero-order valence-corrected chi connectivity index (χ0v) is 36.9. The number of methoxy groups -OCH3 is 1. The van der Waals surface area contributed by atoms with Gasteiger partial charge >= 0.3 is 0 Å². The van der Waals surface area contributed by atoms with Crippen molar-refractivity contribution < 1.29 is 37.8 Å². The Bertz CT molecular complexity index is 2280. The summed E-state index contributed by atoms with van der Waals surface area (Å²) >= 11 is 0. The van der Waals surface area contributed by atoms with E-state index in [9.17, 15) is 24.3 Å². The first-order chi connectivity index (χ1) is 30.8. The summed E-state index contributed by atoms with van der Waals surface area (Å²) in [7, 11) is 3.32. The van der Waals surface area contributed by atoms with Gasteiger partial charge in [0.05, 0.1) is 24.9 Å². The molecule has 6 aliphatic rings. The number of ether oxygens (including phenoxy) is 1. The number of aromatic nitrogens is 2. The summed E-state index contributed by atoms with van der Waals surface area (Å²) in [5.74, 6) is -1.93. The number of piperidine rings is 1. The number of rotatable bonds is 13. The molecule has 3 aromatic rings. The fourth-order valence-corrected chi connectivity index (χ4v) is 11.4. The van der Waals surface area contributed by atoms with Crippen molar-refractivity contribution in [2.45, 2.75) is 108 Å². The first-order valence-corrected chi connectivity index (χ1v) is 22.9. The molecule has 1 spiro atoms. The van der Waals surface area contributed by atoms with Gasteiger partial charge in [-0.1, -0.05) is 19.8 Å². The fraction of sp³-hybridized carbons (Fsp3) is 0.574. The van der Waals surface area contributed by atoms with Crippen molar-refractivity contribution in [3.63, 3.8) is 0 Å². The average molecular weight is 884 g/mol. The summed E-state index contributed by atoms with van der Waals surface area (Å²) in [4.78, 5) is 68.8. The van der Waals surface area contributed by atoms with Crippen LogP contribution in [-0.2, 0) is 14.4 Å². The highest BCUT2D eigenvalue weighted by Gasteiger charge is 2.50. The largest absolute Gasteiger partial charge is 0.495 e. The highest BCUT2D eigenvalue weighted by molar-refractivity contribution is 6.04. The number of aliphatic hydroxyl groups excluding tert-OH is 1. The molecule has 2 aliphatic carbocycles. The monoisotopic (exact) mass is 883 g/mol. The van der Waals surface area contributed by atoms with E-state index in [0.29, 0.717) is 66.2 Å². The van der Waals surface area contributed by atoms with Crippen LogP contribution >= 0.6 is 0 Å². The average Bonchev–Trinajstić information content (AvgIpc) is 3.78. The van der Waals surface area contributed by atoms with Gasteiger partial charge in [-0.3, -0.25) is 24.5 Å². The standard InChI is InChI=1S/C47H59F2N9O6/c1-4-36-44(63)55(2)37-22-50-45(53-41(37)58(36)30-7-5-6-8-30)51-35-11-9-29(19-38(35)64-3)42(61)54-47(17-18-59)15-13-46(14-16-47)26-56(27-46)23-28-24-57(25-28)31-20-33(48)40(34(49)21-31)32-10-12-39(60)52-43(32)62/h9,11,19-22,28,30,32,36,59H,4-8,10,12-18,23-27H2,1-3H3,(H,54,61)(H,50,51,53)(H,52,60,62)/t32?,36-/m1/s1. The number of hydrogen-bond donors (Lipinski definition) is 4. The highest BCUT2D eigenvalue weighted by atomic mass is 19.1. The number of carbonyl (C=O) groups is 4. The summed E-state index contributed by atoms with van der Waals surface area (Å²) < 4.78 is 36.1. The minimum Gasteiger partial charge on any atom is -0.495 e. The van der Waals surface area contributed by atoms with E-state index in [1.807, 2.05) is 11.8 Å². The lowest BCUT2D eigenvalue weighted by atomic mass is 9.62. The van der Waals surface area contributed by atoms with Crippen molar-refractivity contribution in [3.8, 4) is 5.75 Å². The Labute approximate surface area is 372 Å². The number of imide groups is 1. The van der Waals surface area contributed by atoms with Gasteiger partial charge in [0.2, 0.25) is 23.7 Å². The second-order valence-corrected chi connectivity index (χ2v) is 19.1. The van der Waals surface area contributed by atoms with Crippen molar-refractivity contribution in [3.05, 3.63) is 59.3 Å². The topological polar surface area (TPSA) is 173 Å². The molecule has 2 saturated carbocycles. The molecule has 3 saturated heterocycles. The van der Waals surface area contributed by atoms with E-state index in [1.54, 1.807) is 43.5 Å². The third-order valence-corrected chi connectivity index (χ3v) is 15.0. The van der Waals surface area contributed by atoms with Crippen LogP contribution in [0.1, 0.15) is 106 Å². The Morgan fingerprint density at radius 1 is 1.02 bits per heavy atom. The van der Waals surface area contributed by atoms with Crippen molar-refractivity contribution >= 4 is 52.5 Å². The third kappa shape index (κ3) is 8.25. The van der Waals surface area contributed by atoms with Crippen LogP contribution in [0.4, 0.5) is 37.6 Å². The molecule has 5 heterocycles. The summed E-state index contributed by atoms with van der Waals surface area (Å²) in [5, 5.41) is 18.9. The van der Waals surface area contributed by atoms with Crippen LogP contribution in [0.25, 0.3) is 0 Å². The van der Waals surface area contributed by atoms with Gasteiger partial charge in [0.1, 0.15) is 29.1 Å². The number of nitrogens with zero attached hydrogens (tertiary/aromatic N) is 6. The number of halogens is 2. The number of fused-ring (bicyclic) bond motifs is 1. The molecule has 9 rings (SSSR count). The molecule has 5 fully saturated rings. The summed E-state index contributed by atoms with van der Waals surface area (Å²) in [5.41, 5.74) is 1.49. The number of benzene rings is 2. The first kappa shape index (κ1) is 43.8. The molecule has 342 valence electrons. The molecule has 0 bridgehead atoms. The molecule has 1 aromatic heterocycles. The zero-order valence-electron chi connectivity index (χ0n) is 36.9.